The molecular formula is C23H26N6O2S. The Hall–Kier alpha value is -3.43. The maximum absolute atomic E-state index is 12.9. The summed E-state index contributed by atoms with van der Waals surface area (Å²) in [5.41, 5.74) is 2.84. The molecule has 9 heteroatoms. The summed E-state index contributed by atoms with van der Waals surface area (Å²) in [6.07, 6.45) is 5.19. The molecule has 0 aliphatic rings. The zero-order valence-corrected chi connectivity index (χ0v) is 19.1. The van der Waals surface area contributed by atoms with E-state index < -0.39 is 10.0 Å². The number of fused-ring (bicyclic) bond motifs is 1. The minimum atomic E-state index is -3.74. The van der Waals surface area contributed by atoms with Crippen LogP contribution in [0.4, 0.5) is 11.5 Å². The Morgan fingerprint density at radius 1 is 0.969 bits per heavy atom. The molecule has 2 N–H and O–H groups in total. The highest BCUT2D eigenvalue weighted by molar-refractivity contribution is 7.92. The molecule has 0 atom stereocenters. The summed E-state index contributed by atoms with van der Waals surface area (Å²) >= 11 is 0. The molecule has 166 valence electrons. The van der Waals surface area contributed by atoms with Crippen LogP contribution in [0.3, 0.4) is 0 Å². The number of likely N-dealkylation sites (N-methyl/N-ethyl adjacent to an activating group) is 2. The maximum Gasteiger partial charge on any atom is 0.261 e. The van der Waals surface area contributed by atoms with E-state index >= 15 is 0 Å². The summed E-state index contributed by atoms with van der Waals surface area (Å²) in [7, 11) is 2.34. The Labute approximate surface area is 188 Å². The molecule has 0 spiro atoms. The highest BCUT2D eigenvalue weighted by atomic mass is 32.2. The van der Waals surface area contributed by atoms with Crippen LogP contribution in [0, 0.1) is 0 Å². The summed E-state index contributed by atoms with van der Waals surface area (Å²) in [5.74, 6) is 0.842. The van der Waals surface area contributed by atoms with Gasteiger partial charge >= 0.3 is 0 Å². The number of nitrogens with one attached hydrogen (secondary N) is 2. The Bertz CT molecular complexity index is 1320. The van der Waals surface area contributed by atoms with Crippen LogP contribution in [0.5, 0.6) is 0 Å². The summed E-state index contributed by atoms with van der Waals surface area (Å²) in [4.78, 5) is 16.4. The maximum atomic E-state index is 12.9. The molecule has 3 heterocycles. The molecule has 4 aromatic rings. The normalized spacial score (nSPS) is 11.8. The third-order valence-electron chi connectivity index (χ3n) is 5.20. The second-order valence-corrected chi connectivity index (χ2v) is 9.51. The van der Waals surface area contributed by atoms with Gasteiger partial charge in [-0.15, -0.1) is 0 Å². The second kappa shape index (κ2) is 8.97. The average Bonchev–Trinajstić information content (AvgIpc) is 3.23. The number of benzene rings is 1. The van der Waals surface area contributed by atoms with Gasteiger partial charge in [-0.3, -0.25) is 4.72 Å². The largest absolute Gasteiger partial charge is 0.358 e. The number of hydrogen-bond acceptors (Lipinski definition) is 6. The van der Waals surface area contributed by atoms with Crippen molar-refractivity contribution in [3.8, 4) is 11.1 Å². The second-order valence-electron chi connectivity index (χ2n) is 7.83. The van der Waals surface area contributed by atoms with Gasteiger partial charge in [-0.2, -0.15) is 0 Å². The van der Waals surface area contributed by atoms with Crippen molar-refractivity contribution < 1.29 is 8.42 Å². The molecule has 0 aliphatic heterocycles. The van der Waals surface area contributed by atoms with Crippen LogP contribution in [0.2, 0.25) is 0 Å². The van der Waals surface area contributed by atoms with Crippen LogP contribution in [0.25, 0.3) is 22.2 Å². The molecule has 4 rings (SSSR count). The number of sulfonamides is 1. The van der Waals surface area contributed by atoms with Crippen molar-refractivity contribution in [1.29, 1.82) is 0 Å². The lowest BCUT2D eigenvalue weighted by Gasteiger charge is -2.21. The third-order valence-corrected chi connectivity index (χ3v) is 6.58. The molecule has 0 unspecified atom stereocenters. The molecule has 32 heavy (non-hydrogen) atoms. The summed E-state index contributed by atoms with van der Waals surface area (Å²) in [6, 6.07) is 13.9. The molecule has 0 radical (unpaired) electrons. The predicted molar refractivity (Wildman–Crippen MR) is 128 cm³/mol. The van der Waals surface area contributed by atoms with Gasteiger partial charge in [-0.1, -0.05) is 18.2 Å². The number of H-pyrrole nitrogens is 1. The molecule has 0 saturated carbocycles. The number of pyridine rings is 2. The van der Waals surface area contributed by atoms with Crippen molar-refractivity contribution in [2.75, 3.05) is 43.9 Å². The van der Waals surface area contributed by atoms with E-state index in [-0.39, 0.29) is 4.90 Å². The van der Waals surface area contributed by atoms with Gasteiger partial charge in [0.2, 0.25) is 0 Å². The number of nitrogens with zero attached hydrogens (tertiary/aromatic N) is 4. The summed E-state index contributed by atoms with van der Waals surface area (Å²) < 4.78 is 28.6. The molecule has 8 nitrogen and oxygen atoms in total. The van der Waals surface area contributed by atoms with Crippen LogP contribution in [0.15, 0.2) is 72.0 Å². The van der Waals surface area contributed by atoms with Crippen LogP contribution < -0.4 is 9.62 Å². The quantitative estimate of drug-likeness (QED) is 0.427. The molecule has 0 amide bonds. The molecule has 3 aromatic heterocycles. The van der Waals surface area contributed by atoms with Gasteiger partial charge in [0.25, 0.3) is 10.0 Å². The van der Waals surface area contributed by atoms with Crippen LogP contribution in [-0.2, 0) is 10.0 Å². The zero-order chi connectivity index (χ0) is 22.7. The fourth-order valence-corrected chi connectivity index (χ4v) is 4.52. The number of rotatable bonds is 8. The number of anilines is 2. The third kappa shape index (κ3) is 4.58. The smallest absolute Gasteiger partial charge is 0.261 e. The first-order valence-electron chi connectivity index (χ1n) is 10.2. The van der Waals surface area contributed by atoms with E-state index in [4.69, 9.17) is 0 Å². The Kier molecular flexibility index (Phi) is 6.11. The van der Waals surface area contributed by atoms with Gasteiger partial charge in [0.1, 0.15) is 11.5 Å². The number of aromatic nitrogens is 3. The number of hydrogen-bond donors (Lipinski definition) is 2. The summed E-state index contributed by atoms with van der Waals surface area (Å²) in [5, 5.41) is 0.708. The Morgan fingerprint density at radius 3 is 2.47 bits per heavy atom. The number of aromatic amines is 1. The van der Waals surface area contributed by atoms with Gasteiger partial charge < -0.3 is 14.8 Å². The molecule has 0 fully saturated rings. The van der Waals surface area contributed by atoms with E-state index in [1.54, 1.807) is 48.8 Å². The standard InChI is InChI=1S/C23H26N6O2S/c1-28(2)13-14-29(3)21-15-17(9-11-24-21)19-16-26-23-22(19)20(10-12-25-23)27-32(30,31)18-7-5-4-6-8-18/h4-12,15-16H,13-14H2,1-3H3,(H2,25,26,27). The summed E-state index contributed by atoms with van der Waals surface area (Å²) in [6.45, 7) is 1.74. The topological polar surface area (TPSA) is 94.2 Å². The minimum Gasteiger partial charge on any atom is -0.358 e. The Balaban J connectivity index is 1.72. The van der Waals surface area contributed by atoms with Crippen molar-refractivity contribution in [3.63, 3.8) is 0 Å². The highest BCUT2D eigenvalue weighted by Gasteiger charge is 2.18. The SMILES string of the molecule is CN(C)CCN(C)c1cc(-c2c[nH]c3nccc(NS(=O)(=O)c4ccccc4)c23)ccn1. The first-order valence-corrected chi connectivity index (χ1v) is 11.7. The predicted octanol–water partition coefficient (Wildman–Crippen LogP) is 3.42. The van der Waals surface area contributed by atoms with Crippen molar-refractivity contribution >= 4 is 32.6 Å². The highest BCUT2D eigenvalue weighted by Crippen LogP contribution is 2.34. The first-order chi connectivity index (χ1) is 15.3. The lowest BCUT2D eigenvalue weighted by molar-refractivity contribution is 0.416. The van der Waals surface area contributed by atoms with Crippen LogP contribution in [0.1, 0.15) is 0 Å². The first kappa shape index (κ1) is 21.8. The van der Waals surface area contributed by atoms with Crippen molar-refractivity contribution in [3.05, 3.63) is 67.1 Å². The van der Waals surface area contributed by atoms with E-state index in [1.807, 2.05) is 39.5 Å². The van der Waals surface area contributed by atoms with Crippen molar-refractivity contribution in [2.45, 2.75) is 4.90 Å². The van der Waals surface area contributed by atoms with E-state index in [2.05, 4.69) is 29.5 Å². The molecule has 1 aromatic carbocycles. The zero-order valence-electron chi connectivity index (χ0n) is 18.3. The van der Waals surface area contributed by atoms with Crippen LogP contribution >= 0.6 is 0 Å². The average molecular weight is 451 g/mol. The minimum absolute atomic E-state index is 0.204. The molecule has 0 aliphatic carbocycles. The fraction of sp³-hybridized carbons (Fsp3) is 0.217. The van der Waals surface area contributed by atoms with E-state index in [0.717, 1.165) is 30.0 Å². The van der Waals surface area contributed by atoms with E-state index in [0.29, 0.717) is 16.7 Å². The van der Waals surface area contributed by atoms with Gasteiger partial charge in [0, 0.05) is 44.3 Å². The molecule has 0 saturated heterocycles. The van der Waals surface area contributed by atoms with Crippen molar-refractivity contribution in [2.24, 2.45) is 0 Å². The van der Waals surface area contributed by atoms with Crippen molar-refractivity contribution in [1.82, 2.24) is 19.9 Å². The monoisotopic (exact) mass is 450 g/mol. The van der Waals surface area contributed by atoms with Gasteiger partial charge in [-0.05, 0) is 50.0 Å². The lowest BCUT2D eigenvalue weighted by atomic mass is 10.1. The van der Waals surface area contributed by atoms with E-state index in [1.165, 1.54) is 0 Å². The van der Waals surface area contributed by atoms with Crippen LogP contribution in [-0.4, -0.2) is 62.5 Å². The Morgan fingerprint density at radius 2 is 1.72 bits per heavy atom. The van der Waals surface area contributed by atoms with Gasteiger partial charge in [0.05, 0.1) is 16.0 Å². The molecular weight excluding hydrogens is 424 g/mol. The molecule has 0 bridgehead atoms. The van der Waals surface area contributed by atoms with E-state index in [9.17, 15) is 8.42 Å². The van der Waals surface area contributed by atoms with Gasteiger partial charge in [0.15, 0.2) is 0 Å². The lowest BCUT2D eigenvalue weighted by Crippen LogP contribution is -2.28. The van der Waals surface area contributed by atoms with Gasteiger partial charge in [-0.25, -0.2) is 18.4 Å². The fourth-order valence-electron chi connectivity index (χ4n) is 3.43.